The molecule has 3 aromatic rings. The minimum Gasteiger partial charge on any atom is -0.392 e. The molecular weight excluding hydrogens is 304 g/mol. The molecule has 124 valence electrons. The van der Waals surface area contributed by atoms with Crippen molar-refractivity contribution in [2.75, 3.05) is 18.4 Å². The van der Waals surface area contributed by atoms with Gasteiger partial charge in [0.15, 0.2) is 0 Å². The molecule has 0 radical (unpaired) electrons. The fraction of sp³-hybridized carbons (Fsp3) is 0.353. The van der Waals surface area contributed by atoms with Crippen molar-refractivity contribution in [2.24, 2.45) is 0 Å². The fourth-order valence-corrected chi connectivity index (χ4v) is 3.05. The summed E-state index contributed by atoms with van der Waals surface area (Å²) in [6, 6.07) is 4.13. The molecule has 1 aliphatic heterocycles. The Bertz CT molecular complexity index is 840. The van der Waals surface area contributed by atoms with Gasteiger partial charge in [0, 0.05) is 18.8 Å². The van der Waals surface area contributed by atoms with Gasteiger partial charge in [-0.1, -0.05) is 0 Å². The molecule has 0 saturated carbocycles. The van der Waals surface area contributed by atoms with Crippen LogP contribution in [0.2, 0.25) is 0 Å². The maximum Gasteiger partial charge on any atom is 0.145 e. The lowest BCUT2D eigenvalue weighted by Gasteiger charge is -2.24. The van der Waals surface area contributed by atoms with E-state index in [9.17, 15) is 5.11 Å². The molecule has 0 aromatic carbocycles. The molecule has 7 nitrogen and oxygen atoms in total. The van der Waals surface area contributed by atoms with Gasteiger partial charge in [0.1, 0.15) is 17.2 Å². The average Bonchev–Trinajstić information content (AvgIpc) is 3.06. The highest BCUT2D eigenvalue weighted by molar-refractivity contribution is 5.61. The summed E-state index contributed by atoms with van der Waals surface area (Å²) in [5, 5.41) is 16.1. The van der Waals surface area contributed by atoms with Crippen molar-refractivity contribution in [3.63, 3.8) is 0 Å². The molecule has 1 saturated heterocycles. The van der Waals surface area contributed by atoms with E-state index in [1.165, 1.54) is 6.42 Å². The second kappa shape index (κ2) is 6.54. The van der Waals surface area contributed by atoms with Crippen LogP contribution < -0.4 is 10.6 Å². The maximum atomic E-state index is 9.24. The van der Waals surface area contributed by atoms with Gasteiger partial charge in [0.25, 0.3) is 0 Å². The van der Waals surface area contributed by atoms with E-state index in [-0.39, 0.29) is 6.61 Å². The van der Waals surface area contributed by atoms with Crippen molar-refractivity contribution in [2.45, 2.75) is 25.5 Å². The molecule has 24 heavy (non-hydrogen) atoms. The van der Waals surface area contributed by atoms with Crippen LogP contribution in [-0.4, -0.2) is 43.6 Å². The lowest BCUT2D eigenvalue weighted by Crippen LogP contribution is -2.38. The molecule has 4 heterocycles. The number of anilines is 1. The van der Waals surface area contributed by atoms with Crippen molar-refractivity contribution in [1.82, 2.24) is 24.7 Å². The van der Waals surface area contributed by atoms with Gasteiger partial charge in [-0.05, 0) is 37.1 Å². The summed E-state index contributed by atoms with van der Waals surface area (Å²) in [5.74, 6) is 0.781. The molecule has 0 aliphatic carbocycles. The summed E-state index contributed by atoms with van der Waals surface area (Å²) in [6.45, 7) is 2.04. The summed E-state index contributed by atoms with van der Waals surface area (Å²) in [7, 11) is 0. The molecule has 0 bridgehead atoms. The Labute approximate surface area is 139 Å². The van der Waals surface area contributed by atoms with Crippen LogP contribution >= 0.6 is 0 Å². The van der Waals surface area contributed by atoms with E-state index >= 15 is 0 Å². The fourth-order valence-electron chi connectivity index (χ4n) is 3.05. The highest BCUT2D eigenvalue weighted by Gasteiger charge is 2.14. The maximum absolute atomic E-state index is 9.24. The molecule has 7 heteroatoms. The van der Waals surface area contributed by atoms with Crippen LogP contribution in [0.25, 0.3) is 17.0 Å². The van der Waals surface area contributed by atoms with Gasteiger partial charge in [-0.2, -0.15) is 0 Å². The van der Waals surface area contributed by atoms with Gasteiger partial charge < -0.3 is 15.7 Å². The quantitative estimate of drug-likeness (QED) is 0.673. The number of aliphatic hydroxyl groups is 1. The predicted octanol–water partition coefficient (Wildman–Crippen LogP) is 1.45. The molecule has 0 spiro atoms. The number of nitrogens with one attached hydrogen (secondary N) is 2. The number of aromatic nitrogens is 4. The summed E-state index contributed by atoms with van der Waals surface area (Å²) >= 11 is 0. The van der Waals surface area contributed by atoms with Crippen molar-refractivity contribution < 1.29 is 5.11 Å². The lowest BCUT2D eigenvalue weighted by atomic mass is 10.1. The molecule has 1 aliphatic rings. The second-order valence-corrected chi connectivity index (χ2v) is 6.04. The van der Waals surface area contributed by atoms with Crippen molar-refractivity contribution in [3.05, 3.63) is 42.5 Å². The topological polar surface area (TPSA) is 87.4 Å². The summed E-state index contributed by atoms with van der Waals surface area (Å²) < 4.78 is 1.95. The summed E-state index contributed by atoms with van der Waals surface area (Å²) in [5.41, 5.74) is 3.28. The number of piperidine rings is 1. The van der Waals surface area contributed by atoms with Crippen LogP contribution in [0, 0.1) is 0 Å². The van der Waals surface area contributed by atoms with Crippen molar-refractivity contribution in [1.29, 1.82) is 0 Å². The van der Waals surface area contributed by atoms with Crippen LogP contribution in [0.15, 0.2) is 36.9 Å². The number of fused-ring (bicyclic) bond motifs is 1. The van der Waals surface area contributed by atoms with Gasteiger partial charge in [-0.3, -0.25) is 9.38 Å². The van der Waals surface area contributed by atoms with E-state index in [0.717, 1.165) is 47.9 Å². The second-order valence-electron chi connectivity index (χ2n) is 6.04. The first-order valence-corrected chi connectivity index (χ1v) is 8.20. The normalized spacial score (nSPS) is 18.0. The monoisotopic (exact) mass is 324 g/mol. The standard InChI is InChI=1S/C17H20N6O/c24-11-12-3-5-23-15(9-20-17(23)6-12)14-8-19-10-16(22-14)21-13-2-1-4-18-7-13/h3,5-6,8-10,13,18,24H,1-2,4,7,11H2,(H,21,22)/t13-/m1/s1. The Hall–Kier alpha value is -2.51. The smallest absolute Gasteiger partial charge is 0.145 e. The zero-order valence-corrected chi connectivity index (χ0v) is 13.3. The van der Waals surface area contributed by atoms with Crippen LogP contribution in [0.1, 0.15) is 18.4 Å². The van der Waals surface area contributed by atoms with E-state index < -0.39 is 0 Å². The van der Waals surface area contributed by atoms with E-state index in [1.807, 2.05) is 22.7 Å². The van der Waals surface area contributed by atoms with Gasteiger partial charge in [-0.25, -0.2) is 9.97 Å². The Balaban J connectivity index is 1.63. The van der Waals surface area contributed by atoms with Crippen LogP contribution in [0.5, 0.6) is 0 Å². The summed E-state index contributed by atoms with van der Waals surface area (Å²) in [6.07, 6.45) is 9.49. The van der Waals surface area contributed by atoms with Crippen molar-refractivity contribution in [3.8, 4) is 11.4 Å². The molecular formula is C17H20N6O. The Morgan fingerprint density at radius 1 is 1.33 bits per heavy atom. The van der Waals surface area contributed by atoms with Gasteiger partial charge in [0.2, 0.25) is 0 Å². The lowest BCUT2D eigenvalue weighted by molar-refractivity contribution is 0.282. The number of pyridine rings is 1. The van der Waals surface area contributed by atoms with Gasteiger partial charge in [-0.15, -0.1) is 0 Å². The first-order chi connectivity index (χ1) is 11.8. The zero-order chi connectivity index (χ0) is 16.4. The third-order valence-electron chi connectivity index (χ3n) is 4.31. The Morgan fingerprint density at radius 2 is 2.29 bits per heavy atom. The highest BCUT2D eigenvalue weighted by Crippen LogP contribution is 2.21. The molecule has 4 rings (SSSR count). The first-order valence-electron chi connectivity index (χ1n) is 8.20. The molecule has 1 atom stereocenters. The SMILES string of the molecule is OCc1ccn2c(-c3cncc(N[C@@H]4CCCNC4)n3)cnc2c1. The predicted molar refractivity (Wildman–Crippen MR) is 91.7 cm³/mol. The van der Waals surface area contributed by atoms with Gasteiger partial charge in [0.05, 0.1) is 30.9 Å². The molecule has 0 unspecified atom stereocenters. The highest BCUT2D eigenvalue weighted by atomic mass is 16.3. The number of aliphatic hydroxyl groups excluding tert-OH is 1. The number of rotatable bonds is 4. The van der Waals surface area contributed by atoms with Crippen LogP contribution in [0.4, 0.5) is 5.82 Å². The van der Waals surface area contributed by atoms with Crippen LogP contribution in [-0.2, 0) is 6.61 Å². The number of hydrogen-bond acceptors (Lipinski definition) is 6. The first kappa shape index (κ1) is 15.0. The van der Waals surface area contributed by atoms with E-state index in [2.05, 4.69) is 20.6 Å². The molecule has 0 amide bonds. The Kier molecular flexibility index (Phi) is 4.10. The minimum absolute atomic E-state index is 0.00727. The van der Waals surface area contributed by atoms with Gasteiger partial charge >= 0.3 is 0 Å². The van der Waals surface area contributed by atoms with Crippen LogP contribution in [0.3, 0.4) is 0 Å². The number of nitrogens with zero attached hydrogens (tertiary/aromatic N) is 4. The molecule has 1 fully saturated rings. The third kappa shape index (κ3) is 2.95. The number of imidazole rings is 1. The number of hydrogen-bond donors (Lipinski definition) is 3. The average molecular weight is 324 g/mol. The zero-order valence-electron chi connectivity index (χ0n) is 13.3. The van der Waals surface area contributed by atoms with E-state index in [4.69, 9.17) is 4.98 Å². The van der Waals surface area contributed by atoms with Crippen molar-refractivity contribution >= 4 is 11.5 Å². The largest absolute Gasteiger partial charge is 0.392 e. The third-order valence-corrected chi connectivity index (χ3v) is 4.31. The summed E-state index contributed by atoms with van der Waals surface area (Å²) in [4.78, 5) is 13.4. The minimum atomic E-state index is 0.00727. The molecule has 3 N–H and O–H groups in total. The van der Waals surface area contributed by atoms with E-state index in [0.29, 0.717) is 6.04 Å². The molecule has 3 aromatic heterocycles. The van der Waals surface area contributed by atoms with E-state index in [1.54, 1.807) is 18.6 Å². The Morgan fingerprint density at radius 3 is 3.12 bits per heavy atom.